The second kappa shape index (κ2) is 6.10. The Hall–Kier alpha value is -1.13. The summed E-state index contributed by atoms with van der Waals surface area (Å²) in [4.78, 5) is 0. The van der Waals surface area contributed by atoms with Gasteiger partial charge in [-0.25, -0.2) is 0 Å². The standard InChI is InChI=1S/C16H20BrN3/c1-12-10-19-20(11-12)6-5-18-16-8-14(9-16)13-3-2-4-15(17)7-13/h2-4,7,10-11,14,16,18H,5-6,8-9H2,1H3. The third-order valence-corrected chi connectivity index (χ3v) is 4.49. The van der Waals surface area contributed by atoms with E-state index in [4.69, 9.17) is 0 Å². The smallest absolute Gasteiger partial charge is 0.0534 e. The SMILES string of the molecule is Cc1cnn(CCNC2CC(c3cccc(Br)c3)C2)c1. The van der Waals surface area contributed by atoms with Crippen LogP contribution in [0.15, 0.2) is 41.1 Å². The van der Waals surface area contributed by atoms with Crippen LogP contribution in [0, 0.1) is 6.92 Å². The number of hydrogen-bond acceptors (Lipinski definition) is 2. The molecule has 0 unspecified atom stereocenters. The molecule has 0 amide bonds. The highest BCUT2D eigenvalue weighted by Crippen LogP contribution is 2.37. The van der Waals surface area contributed by atoms with Gasteiger partial charge < -0.3 is 5.32 Å². The van der Waals surface area contributed by atoms with Gasteiger partial charge in [-0.05, 0) is 48.9 Å². The second-order valence-electron chi connectivity index (χ2n) is 5.66. The summed E-state index contributed by atoms with van der Waals surface area (Å²) in [6.07, 6.45) is 6.49. The molecule has 2 aromatic rings. The first-order valence-corrected chi connectivity index (χ1v) is 7.98. The van der Waals surface area contributed by atoms with Crippen LogP contribution in [0.2, 0.25) is 0 Å². The molecule has 0 aliphatic heterocycles. The average Bonchev–Trinajstić information content (AvgIpc) is 2.78. The van der Waals surface area contributed by atoms with Crippen molar-refractivity contribution >= 4 is 15.9 Å². The Balaban J connectivity index is 1.40. The molecule has 0 radical (unpaired) electrons. The zero-order valence-corrected chi connectivity index (χ0v) is 13.3. The Labute approximate surface area is 128 Å². The molecule has 1 saturated carbocycles. The van der Waals surface area contributed by atoms with Crippen molar-refractivity contribution in [3.05, 3.63) is 52.3 Å². The van der Waals surface area contributed by atoms with Gasteiger partial charge in [-0.2, -0.15) is 5.10 Å². The predicted molar refractivity (Wildman–Crippen MR) is 84.9 cm³/mol. The monoisotopic (exact) mass is 333 g/mol. The predicted octanol–water partition coefficient (Wildman–Crippen LogP) is 3.49. The maximum Gasteiger partial charge on any atom is 0.0534 e. The summed E-state index contributed by atoms with van der Waals surface area (Å²) in [5, 5.41) is 7.92. The van der Waals surface area contributed by atoms with Gasteiger partial charge in [-0.1, -0.05) is 28.1 Å². The molecule has 0 spiro atoms. The molecule has 0 atom stereocenters. The van der Waals surface area contributed by atoms with E-state index in [1.54, 1.807) is 0 Å². The molecule has 0 bridgehead atoms. The van der Waals surface area contributed by atoms with Crippen molar-refractivity contribution in [3.63, 3.8) is 0 Å². The third-order valence-electron chi connectivity index (χ3n) is 3.99. The van der Waals surface area contributed by atoms with E-state index in [1.165, 1.54) is 28.4 Å². The molecule has 106 valence electrons. The van der Waals surface area contributed by atoms with Crippen LogP contribution in [0.1, 0.15) is 29.9 Å². The number of hydrogen-bond donors (Lipinski definition) is 1. The normalized spacial score (nSPS) is 21.7. The molecular weight excluding hydrogens is 314 g/mol. The third kappa shape index (κ3) is 3.30. The van der Waals surface area contributed by atoms with Crippen molar-refractivity contribution < 1.29 is 0 Å². The lowest BCUT2D eigenvalue weighted by Crippen LogP contribution is -2.41. The zero-order chi connectivity index (χ0) is 13.9. The highest BCUT2D eigenvalue weighted by molar-refractivity contribution is 9.10. The van der Waals surface area contributed by atoms with E-state index in [2.05, 4.69) is 63.7 Å². The lowest BCUT2D eigenvalue weighted by atomic mass is 9.76. The second-order valence-corrected chi connectivity index (χ2v) is 6.57. The quantitative estimate of drug-likeness (QED) is 0.907. The minimum Gasteiger partial charge on any atom is -0.312 e. The number of nitrogens with one attached hydrogen (secondary N) is 1. The maximum absolute atomic E-state index is 4.30. The first-order chi connectivity index (χ1) is 9.70. The summed E-state index contributed by atoms with van der Waals surface area (Å²) < 4.78 is 3.19. The highest BCUT2D eigenvalue weighted by Gasteiger charge is 2.29. The van der Waals surface area contributed by atoms with E-state index in [0.717, 1.165) is 19.0 Å². The summed E-state index contributed by atoms with van der Waals surface area (Å²) in [5.74, 6) is 0.719. The van der Waals surface area contributed by atoms with Crippen molar-refractivity contribution in [2.24, 2.45) is 0 Å². The first kappa shape index (κ1) is 13.8. The molecule has 1 aromatic heterocycles. The van der Waals surface area contributed by atoms with Crippen LogP contribution >= 0.6 is 15.9 Å². The molecule has 3 rings (SSSR count). The minimum atomic E-state index is 0.663. The number of rotatable bonds is 5. The van der Waals surface area contributed by atoms with Gasteiger partial charge in [-0.15, -0.1) is 0 Å². The number of benzene rings is 1. The van der Waals surface area contributed by atoms with Gasteiger partial charge in [0.2, 0.25) is 0 Å². The van der Waals surface area contributed by atoms with Crippen molar-refractivity contribution in [3.8, 4) is 0 Å². The van der Waals surface area contributed by atoms with E-state index < -0.39 is 0 Å². The Morgan fingerprint density at radius 3 is 2.95 bits per heavy atom. The molecule has 3 nitrogen and oxygen atoms in total. The molecule has 1 aliphatic carbocycles. The van der Waals surface area contributed by atoms with E-state index in [1.807, 2.05) is 10.9 Å². The molecule has 1 heterocycles. The van der Waals surface area contributed by atoms with Gasteiger partial charge in [0, 0.05) is 23.3 Å². The molecule has 1 N–H and O–H groups in total. The van der Waals surface area contributed by atoms with Crippen LogP contribution < -0.4 is 5.32 Å². The molecule has 1 aromatic carbocycles. The van der Waals surface area contributed by atoms with Gasteiger partial charge in [-0.3, -0.25) is 4.68 Å². The molecule has 1 fully saturated rings. The maximum atomic E-state index is 4.30. The fraction of sp³-hybridized carbons (Fsp3) is 0.438. The van der Waals surface area contributed by atoms with E-state index in [9.17, 15) is 0 Å². The topological polar surface area (TPSA) is 29.9 Å². The lowest BCUT2D eigenvalue weighted by Gasteiger charge is -2.36. The molecular formula is C16H20BrN3. The summed E-state index contributed by atoms with van der Waals surface area (Å²) in [7, 11) is 0. The fourth-order valence-electron chi connectivity index (χ4n) is 2.79. The van der Waals surface area contributed by atoms with Gasteiger partial charge in [0.1, 0.15) is 0 Å². The Morgan fingerprint density at radius 1 is 1.40 bits per heavy atom. The van der Waals surface area contributed by atoms with Crippen molar-refractivity contribution in [2.75, 3.05) is 6.54 Å². The minimum absolute atomic E-state index is 0.663. The number of nitrogens with zero attached hydrogens (tertiary/aromatic N) is 2. The largest absolute Gasteiger partial charge is 0.312 e. The average molecular weight is 334 g/mol. The summed E-state index contributed by atoms with van der Waals surface area (Å²) >= 11 is 3.54. The van der Waals surface area contributed by atoms with Gasteiger partial charge in [0.15, 0.2) is 0 Å². The molecule has 20 heavy (non-hydrogen) atoms. The van der Waals surface area contributed by atoms with Crippen LogP contribution in [0.5, 0.6) is 0 Å². The summed E-state index contributed by atoms with van der Waals surface area (Å²) in [6.45, 7) is 4.02. The lowest BCUT2D eigenvalue weighted by molar-refractivity contribution is 0.286. The zero-order valence-electron chi connectivity index (χ0n) is 11.7. The van der Waals surface area contributed by atoms with Crippen LogP contribution in [0.25, 0.3) is 0 Å². The van der Waals surface area contributed by atoms with Crippen LogP contribution in [-0.4, -0.2) is 22.4 Å². The molecule has 4 heteroatoms. The van der Waals surface area contributed by atoms with Gasteiger partial charge in [0.25, 0.3) is 0 Å². The number of halogens is 1. The van der Waals surface area contributed by atoms with E-state index in [-0.39, 0.29) is 0 Å². The van der Waals surface area contributed by atoms with Crippen molar-refractivity contribution in [1.29, 1.82) is 0 Å². The van der Waals surface area contributed by atoms with Crippen LogP contribution in [-0.2, 0) is 6.54 Å². The van der Waals surface area contributed by atoms with E-state index >= 15 is 0 Å². The number of aryl methyl sites for hydroxylation is 1. The highest BCUT2D eigenvalue weighted by atomic mass is 79.9. The summed E-state index contributed by atoms with van der Waals surface area (Å²) in [5.41, 5.74) is 2.68. The van der Waals surface area contributed by atoms with E-state index in [0.29, 0.717) is 6.04 Å². The summed E-state index contributed by atoms with van der Waals surface area (Å²) in [6, 6.07) is 9.35. The van der Waals surface area contributed by atoms with Gasteiger partial charge in [0.05, 0.1) is 12.7 Å². The van der Waals surface area contributed by atoms with Crippen LogP contribution in [0.3, 0.4) is 0 Å². The van der Waals surface area contributed by atoms with Crippen molar-refractivity contribution in [2.45, 2.75) is 38.3 Å². The van der Waals surface area contributed by atoms with Crippen LogP contribution in [0.4, 0.5) is 0 Å². The first-order valence-electron chi connectivity index (χ1n) is 7.18. The fourth-order valence-corrected chi connectivity index (χ4v) is 3.21. The Kier molecular flexibility index (Phi) is 4.22. The molecule has 1 aliphatic rings. The molecule has 0 saturated heterocycles. The Morgan fingerprint density at radius 2 is 2.25 bits per heavy atom. The van der Waals surface area contributed by atoms with Crippen molar-refractivity contribution in [1.82, 2.24) is 15.1 Å². The van der Waals surface area contributed by atoms with Gasteiger partial charge >= 0.3 is 0 Å². The Bertz CT molecular complexity index is 573. The number of aromatic nitrogens is 2.